The van der Waals surface area contributed by atoms with E-state index in [-0.39, 0.29) is 28.3 Å². The molecule has 4 N–H and O–H groups in total. The highest BCUT2D eigenvalue weighted by molar-refractivity contribution is 6.31. The van der Waals surface area contributed by atoms with Crippen LogP contribution in [0.25, 0.3) is 0 Å². The molecule has 1 aliphatic carbocycles. The van der Waals surface area contributed by atoms with Crippen molar-refractivity contribution in [2.75, 3.05) is 5.32 Å². The number of carbonyl (C=O) groups is 2. The number of fused-ring (bicyclic) bond motifs is 2. The van der Waals surface area contributed by atoms with Crippen molar-refractivity contribution in [2.24, 2.45) is 5.41 Å². The van der Waals surface area contributed by atoms with E-state index in [1.165, 1.54) is 12.1 Å². The molecule has 2 heterocycles. The number of hydrogen-bond acceptors (Lipinski definition) is 4. The molecule has 4 unspecified atom stereocenters. The number of nitrogens with one attached hydrogen (secondary N) is 3. The Hall–Kier alpha value is -2.19. The van der Waals surface area contributed by atoms with E-state index in [0.29, 0.717) is 35.5 Å². The van der Waals surface area contributed by atoms with Crippen LogP contribution < -0.4 is 16.0 Å². The number of halogens is 3. The molecule has 6 nitrogen and oxygen atoms in total. The zero-order valence-electron chi connectivity index (χ0n) is 20.4. The van der Waals surface area contributed by atoms with Crippen LogP contribution in [-0.2, 0) is 15.0 Å². The summed E-state index contributed by atoms with van der Waals surface area (Å²) in [5, 5.41) is 19.7. The standard InChI is InChI=1S/C27H30Cl2FN3O3/c1-26(2,3)12-21-27(17-6-5-14(28)9-20(17)32-25(27)36)22(13-4-7-19(30)18(29)8-13)23(33-21)24(35)31-15-10-16(34)11-15/h4-9,15-16,21-23,33-34H,10-12H2,1-3H3,(H,31,35)(H,32,36). The van der Waals surface area contributed by atoms with Gasteiger partial charge in [0.1, 0.15) is 11.2 Å². The summed E-state index contributed by atoms with van der Waals surface area (Å²) in [5.41, 5.74) is 0.620. The van der Waals surface area contributed by atoms with Gasteiger partial charge in [-0.25, -0.2) is 4.39 Å². The average Bonchev–Trinajstić information content (AvgIpc) is 3.23. The number of anilines is 1. The summed E-state index contributed by atoms with van der Waals surface area (Å²) in [7, 11) is 0. The van der Waals surface area contributed by atoms with Crippen molar-refractivity contribution >= 4 is 40.7 Å². The van der Waals surface area contributed by atoms with E-state index in [4.69, 9.17) is 23.2 Å². The second-order valence-electron chi connectivity index (χ2n) is 11.5. The second-order valence-corrected chi connectivity index (χ2v) is 12.3. The SMILES string of the molecule is CC(C)(C)CC1NC(C(=O)NC2CC(O)C2)C(c2ccc(F)c(Cl)c2)C12C(=O)Nc1cc(Cl)ccc12. The number of aliphatic hydroxyl groups is 1. The molecule has 1 spiro atoms. The van der Waals surface area contributed by atoms with Crippen LogP contribution >= 0.6 is 23.2 Å². The van der Waals surface area contributed by atoms with Crippen LogP contribution in [-0.4, -0.2) is 41.2 Å². The molecular formula is C27H30Cl2FN3O3. The Kier molecular flexibility index (Phi) is 6.35. The van der Waals surface area contributed by atoms with Crippen LogP contribution in [0.5, 0.6) is 0 Å². The van der Waals surface area contributed by atoms with Crippen LogP contribution in [0.3, 0.4) is 0 Å². The lowest BCUT2D eigenvalue weighted by molar-refractivity contribution is -0.125. The van der Waals surface area contributed by atoms with E-state index in [1.54, 1.807) is 18.2 Å². The van der Waals surface area contributed by atoms with Gasteiger partial charge in [-0.1, -0.05) is 56.1 Å². The minimum absolute atomic E-state index is 0.0714. The predicted molar refractivity (Wildman–Crippen MR) is 138 cm³/mol. The molecule has 2 aromatic rings. The molecular weight excluding hydrogens is 504 g/mol. The lowest BCUT2D eigenvalue weighted by atomic mass is 9.62. The highest BCUT2D eigenvalue weighted by Crippen LogP contribution is 2.56. The van der Waals surface area contributed by atoms with Crippen LogP contribution in [0.15, 0.2) is 36.4 Å². The minimum Gasteiger partial charge on any atom is -0.393 e. The molecule has 2 fully saturated rings. The van der Waals surface area contributed by atoms with Gasteiger partial charge in [0, 0.05) is 28.7 Å². The van der Waals surface area contributed by atoms with E-state index in [2.05, 4.69) is 36.7 Å². The minimum atomic E-state index is -1.16. The van der Waals surface area contributed by atoms with Gasteiger partial charge >= 0.3 is 0 Å². The van der Waals surface area contributed by atoms with Gasteiger partial charge in [-0.15, -0.1) is 0 Å². The summed E-state index contributed by atoms with van der Waals surface area (Å²) in [4.78, 5) is 27.7. The maximum absolute atomic E-state index is 14.2. The van der Waals surface area contributed by atoms with E-state index in [0.717, 1.165) is 5.56 Å². The Morgan fingerprint density at radius 3 is 2.56 bits per heavy atom. The number of rotatable bonds is 4. The van der Waals surface area contributed by atoms with E-state index < -0.39 is 35.3 Å². The van der Waals surface area contributed by atoms with Crippen molar-refractivity contribution in [3.05, 3.63) is 63.4 Å². The smallest absolute Gasteiger partial charge is 0.238 e. The van der Waals surface area contributed by atoms with Gasteiger partial charge in [0.25, 0.3) is 0 Å². The molecule has 3 aliphatic rings. The summed E-state index contributed by atoms with van der Waals surface area (Å²) >= 11 is 12.5. The van der Waals surface area contributed by atoms with Gasteiger partial charge in [0.15, 0.2) is 0 Å². The van der Waals surface area contributed by atoms with Gasteiger partial charge < -0.3 is 21.1 Å². The quantitative estimate of drug-likeness (QED) is 0.465. The van der Waals surface area contributed by atoms with E-state index in [1.807, 2.05) is 6.07 Å². The largest absolute Gasteiger partial charge is 0.393 e. The normalized spacial score (nSPS) is 31.2. The van der Waals surface area contributed by atoms with Crippen molar-refractivity contribution in [3.8, 4) is 0 Å². The summed E-state index contributed by atoms with van der Waals surface area (Å²) in [6, 6.07) is 8.36. The van der Waals surface area contributed by atoms with Crippen LogP contribution in [0.2, 0.25) is 10.0 Å². The zero-order chi connectivity index (χ0) is 26.0. The fourth-order valence-electron chi connectivity index (χ4n) is 6.12. The number of carbonyl (C=O) groups excluding carboxylic acids is 2. The number of hydrogen-bond donors (Lipinski definition) is 4. The third-order valence-corrected chi connectivity index (χ3v) is 8.19. The van der Waals surface area contributed by atoms with Crippen molar-refractivity contribution in [1.82, 2.24) is 10.6 Å². The Labute approximate surface area is 219 Å². The number of aliphatic hydroxyl groups excluding tert-OH is 1. The van der Waals surface area contributed by atoms with E-state index in [9.17, 15) is 19.1 Å². The monoisotopic (exact) mass is 533 g/mol. The van der Waals surface area contributed by atoms with Crippen LogP contribution in [0, 0.1) is 11.2 Å². The fourth-order valence-corrected chi connectivity index (χ4v) is 6.49. The fraction of sp³-hybridized carbons (Fsp3) is 0.481. The lowest BCUT2D eigenvalue weighted by Crippen LogP contribution is -2.53. The topological polar surface area (TPSA) is 90.5 Å². The Morgan fingerprint density at radius 2 is 1.92 bits per heavy atom. The molecule has 0 bridgehead atoms. The first kappa shape index (κ1) is 25.5. The van der Waals surface area contributed by atoms with Crippen LogP contribution in [0.4, 0.5) is 10.1 Å². The highest BCUT2D eigenvalue weighted by atomic mass is 35.5. The first-order valence-corrected chi connectivity index (χ1v) is 13.0. The van der Waals surface area contributed by atoms with E-state index >= 15 is 0 Å². The molecule has 2 aliphatic heterocycles. The summed E-state index contributed by atoms with van der Waals surface area (Å²) in [5.74, 6) is -1.74. The van der Waals surface area contributed by atoms with Gasteiger partial charge in [-0.3, -0.25) is 9.59 Å². The Balaban J connectivity index is 1.69. The van der Waals surface area contributed by atoms with Crippen molar-refractivity contribution in [1.29, 1.82) is 0 Å². The molecule has 2 amide bonds. The summed E-state index contributed by atoms with van der Waals surface area (Å²) in [6.45, 7) is 6.26. The molecule has 5 rings (SSSR count). The first-order valence-electron chi connectivity index (χ1n) is 12.2. The van der Waals surface area contributed by atoms with Crippen molar-refractivity contribution in [2.45, 2.75) is 75.6 Å². The summed E-state index contributed by atoms with van der Waals surface area (Å²) in [6.07, 6.45) is 1.16. The molecule has 0 aromatic heterocycles. The molecule has 2 aromatic carbocycles. The maximum Gasteiger partial charge on any atom is 0.238 e. The molecule has 4 atom stereocenters. The molecule has 36 heavy (non-hydrogen) atoms. The molecule has 1 saturated carbocycles. The number of benzene rings is 2. The van der Waals surface area contributed by atoms with Gasteiger partial charge in [0.2, 0.25) is 11.8 Å². The van der Waals surface area contributed by atoms with Crippen LogP contribution in [0.1, 0.15) is 57.1 Å². The van der Waals surface area contributed by atoms with Gasteiger partial charge in [0.05, 0.1) is 17.2 Å². The Bertz CT molecular complexity index is 1230. The molecule has 0 radical (unpaired) electrons. The second kappa shape index (κ2) is 8.98. The Morgan fingerprint density at radius 1 is 1.19 bits per heavy atom. The number of amides is 2. The first-order chi connectivity index (χ1) is 16.9. The van der Waals surface area contributed by atoms with Gasteiger partial charge in [-0.05, 0) is 60.1 Å². The zero-order valence-corrected chi connectivity index (χ0v) is 21.9. The average molecular weight is 534 g/mol. The molecule has 9 heteroatoms. The lowest BCUT2D eigenvalue weighted by Gasteiger charge is -2.38. The van der Waals surface area contributed by atoms with Crippen molar-refractivity contribution < 1.29 is 19.1 Å². The summed E-state index contributed by atoms with van der Waals surface area (Å²) < 4.78 is 14.2. The highest BCUT2D eigenvalue weighted by Gasteiger charge is 2.65. The third-order valence-electron chi connectivity index (χ3n) is 7.67. The third kappa shape index (κ3) is 4.20. The van der Waals surface area contributed by atoms with Gasteiger partial charge in [-0.2, -0.15) is 0 Å². The van der Waals surface area contributed by atoms with Crippen molar-refractivity contribution in [3.63, 3.8) is 0 Å². The molecule has 1 saturated heterocycles. The molecule has 192 valence electrons. The maximum atomic E-state index is 14.2. The predicted octanol–water partition coefficient (Wildman–Crippen LogP) is 4.52.